The van der Waals surface area contributed by atoms with Crippen molar-refractivity contribution in [2.45, 2.75) is 13.5 Å². The first-order valence-corrected chi connectivity index (χ1v) is 9.51. The lowest BCUT2D eigenvalue weighted by Gasteiger charge is -2.55. The molecule has 0 unspecified atom stereocenters. The van der Waals surface area contributed by atoms with Crippen LogP contribution in [-0.2, 0) is 6.54 Å². The Morgan fingerprint density at radius 1 is 1.17 bits per heavy atom. The average Bonchev–Trinajstić information content (AvgIpc) is 2.97. The molecule has 4 heterocycles. The van der Waals surface area contributed by atoms with Crippen molar-refractivity contribution >= 4 is 21.6 Å². The van der Waals surface area contributed by atoms with Gasteiger partial charge in [-0.2, -0.15) is 5.26 Å². The summed E-state index contributed by atoms with van der Waals surface area (Å²) in [5.41, 5.74) is 2.81. The molecule has 1 aromatic heterocycles. The zero-order valence-electron chi connectivity index (χ0n) is 14.2. The summed E-state index contributed by atoms with van der Waals surface area (Å²) in [5.74, 6) is 0. The van der Waals surface area contributed by atoms with Gasteiger partial charge >= 0.3 is 0 Å². The maximum Gasteiger partial charge on any atom is 0.129 e. The van der Waals surface area contributed by atoms with Crippen molar-refractivity contribution in [1.82, 2.24) is 4.98 Å². The van der Waals surface area contributed by atoms with Crippen LogP contribution in [0.25, 0.3) is 10.2 Å². The van der Waals surface area contributed by atoms with E-state index in [4.69, 9.17) is 0 Å². The second kappa shape index (κ2) is 5.78. The largest absolute Gasteiger partial charge is 0.391 e. The molecule has 0 amide bonds. The van der Waals surface area contributed by atoms with Crippen LogP contribution >= 0.6 is 11.3 Å². The number of rotatable bonds is 4. The van der Waals surface area contributed by atoms with E-state index in [0.29, 0.717) is 6.61 Å². The zero-order chi connectivity index (χ0) is 16.8. The van der Waals surface area contributed by atoms with Crippen LogP contribution in [-0.4, -0.2) is 71.5 Å². The van der Waals surface area contributed by atoms with Gasteiger partial charge in [-0.15, -0.1) is 11.3 Å². The van der Waals surface area contributed by atoms with Gasteiger partial charge in [-0.25, -0.2) is 4.98 Å². The minimum Gasteiger partial charge on any atom is -0.391 e. The molecule has 5 nitrogen and oxygen atoms in total. The van der Waals surface area contributed by atoms with E-state index in [0.717, 1.165) is 87.7 Å². The predicted molar refractivity (Wildman–Crippen MR) is 94.5 cm³/mol. The minimum atomic E-state index is 0.290. The van der Waals surface area contributed by atoms with Gasteiger partial charge in [0.25, 0.3) is 0 Å². The number of hydrogen-bond donors (Lipinski definition) is 1. The molecular formula is C18H24N4OS+2. The van der Waals surface area contributed by atoms with Gasteiger partial charge in [-0.1, -0.05) is 6.07 Å². The molecule has 1 aromatic carbocycles. The Morgan fingerprint density at radius 3 is 2.46 bits per heavy atom. The van der Waals surface area contributed by atoms with Crippen molar-refractivity contribution in [1.29, 1.82) is 5.26 Å². The summed E-state index contributed by atoms with van der Waals surface area (Å²) < 4.78 is 3.30. The summed E-state index contributed by atoms with van der Waals surface area (Å²) in [7, 11) is 0. The van der Waals surface area contributed by atoms with E-state index in [1.54, 1.807) is 11.3 Å². The third-order valence-corrected chi connectivity index (χ3v) is 7.03. The molecule has 3 aliphatic rings. The van der Waals surface area contributed by atoms with E-state index in [9.17, 15) is 10.4 Å². The van der Waals surface area contributed by atoms with E-state index in [-0.39, 0.29) is 0 Å². The number of piperazine rings is 3. The topological polar surface area (TPSA) is 56.9 Å². The molecule has 3 saturated heterocycles. The fraction of sp³-hybridized carbons (Fsp3) is 0.556. The number of aliphatic hydroxyl groups excluding tert-OH is 1. The molecule has 126 valence electrons. The fourth-order valence-corrected chi connectivity index (χ4v) is 5.33. The number of quaternary nitrogens is 2. The number of hydrogen-bond acceptors (Lipinski definition) is 4. The Bertz CT molecular complexity index is 798. The van der Waals surface area contributed by atoms with Gasteiger partial charge < -0.3 is 14.1 Å². The maximum atomic E-state index is 9.71. The molecule has 5 rings (SSSR count). The van der Waals surface area contributed by atoms with Crippen molar-refractivity contribution in [3.8, 4) is 6.07 Å². The molecule has 1 N–H and O–H groups in total. The van der Waals surface area contributed by atoms with Crippen LogP contribution in [0.1, 0.15) is 16.1 Å². The van der Waals surface area contributed by atoms with Crippen LogP contribution in [0.5, 0.6) is 0 Å². The highest BCUT2D eigenvalue weighted by Crippen LogP contribution is 2.32. The van der Waals surface area contributed by atoms with Gasteiger partial charge in [-0.3, -0.25) is 0 Å². The molecule has 24 heavy (non-hydrogen) atoms. The summed E-state index contributed by atoms with van der Waals surface area (Å²) >= 11 is 1.66. The highest BCUT2D eigenvalue weighted by molar-refractivity contribution is 7.18. The number of thiazole rings is 1. The van der Waals surface area contributed by atoms with Crippen molar-refractivity contribution in [2.24, 2.45) is 0 Å². The van der Waals surface area contributed by atoms with Crippen LogP contribution in [0, 0.1) is 18.3 Å². The highest BCUT2D eigenvalue weighted by atomic mass is 32.1. The maximum absolute atomic E-state index is 9.71. The first-order valence-electron chi connectivity index (χ1n) is 8.69. The molecule has 0 radical (unpaired) electrons. The third kappa shape index (κ3) is 2.52. The average molecular weight is 344 g/mol. The van der Waals surface area contributed by atoms with Crippen molar-refractivity contribution in [3.63, 3.8) is 0 Å². The minimum absolute atomic E-state index is 0.290. The molecule has 2 bridgehead atoms. The van der Waals surface area contributed by atoms with Gasteiger partial charge in [0.1, 0.15) is 58.4 Å². The molecule has 3 fully saturated rings. The van der Waals surface area contributed by atoms with Crippen LogP contribution in [0.2, 0.25) is 0 Å². The van der Waals surface area contributed by atoms with Crippen molar-refractivity contribution in [2.75, 3.05) is 52.4 Å². The summed E-state index contributed by atoms with van der Waals surface area (Å²) in [4.78, 5) is 4.59. The van der Waals surface area contributed by atoms with Gasteiger partial charge in [0.2, 0.25) is 0 Å². The summed E-state index contributed by atoms with van der Waals surface area (Å²) in [5, 5.41) is 20.1. The number of aryl methyl sites for hydroxylation is 1. The van der Waals surface area contributed by atoms with Gasteiger partial charge in [0.05, 0.1) is 27.4 Å². The Morgan fingerprint density at radius 2 is 1.83 bits per heavy atom. The van der Waals surface area contributed by atoms with E-state index < -0.39 is 0 Å². The second-order valence-electron chi connectivity index (χ2n) is 7.42. The molecular weight excluding hydrogens is 320 g/mol. The lowest BCUT2D eigenvalue weighted by molar-refractivity contribution is -1.09. The number of aliphatic hydroxyl groups is 1. The summed E-state index contributed by atoms with van der Waals surface area (Å²) in [6.07, 6.45) is 0. The van der Waals surface area contributed by atoms with Gasteiger partial charge in [0.15, 0.2) is 0 Å². The van der Waals surface area contributed by atoms with Crippen LogP contribution in [0.4, 0.5) is 0 Å². The summed E-state index contributed by atoms with van der Waals surface area (Å²) in [6, 6.07) is 6.70. The quantitative estimate of drug-likeness (QED) is 0.858. The van der Waals surface area contributed by atoms with E-state index in [2.05, 4.69) is 23.2 Å². The normalized spacial score (nSPS) is 29.0. The zero-order valence-corrected chi connectivity index (χ0v) is 15.0. The van der Waals surface area contributed by atoms with E-state index in [1.165, 1.54) is 0 Å². The molecule has 6 heteroatoms. The van der Waals surface area contributed by atoms with Crippen LogP contribution in [0.3, 0.4) is 0 Å². The molecule has 0 aliphatic carbocycles. The second-order valence-corrected chi connectivity index (χ2v) is 8.66. The molecule has 2 aromatic rings. The molecule has 3 aliphatic heterocycles. The predicted octanol–water partition coefficient (Wildman–Crippen LogP) is 1.63. The number of fused-ring (bicyclic) bond motifs is 4. The lowest BCUT2D eigenvalue weighted by atomic mass is 10.0. The number of benzene rings is 1. The van der Waals surface area contributed by atoms with Crippen molar-refractivity contribution in [3.05, 3.63) is 28.3 Å². The van der Waals surface area contributed by atoms with Crippen LogP contribution in [0.15, 0.2) is 12.1 Å². The van der Waals surface area contributed by atoms with E-state index in [1.807, 2.05) is 6.92 Å². The lowest BCUT2D eigenvalue weighted by Crippen LogP contribution is -2.74. The monoisotopic (exact) mass is 344 g/mol. The molecule has 0 saturated carbocycles. The van der Waals surface area contributed by atoms with Gasteiger partial charge in [-0.05, 0) is 13.0 Å². The Hall–Kier alpha value is -1.52. The Labute approximate surface area is 146 Å². The standard InChI is InChI=1S/C18H24N4OS/c1-14-20-18-16(12-19)15(2-3-17(18)24-14)13-22-7-4-21(5-8-22,6-9-22)10-11-23/h2-3,23H,4-11,13H2,1H3/q+2. The molecule has 0 atom stereocenters. The number of nitriles is 1. The number of nitrogens with zero attached hydrogens (tertiary/aromatic N) is 4. The fourth-order valence-electron chi connectivity index (χ4n) is 4.49. The van der Waals surface area contributed by atoms with Crippen molar-refractivity contribution < 1.29 is 14.1 Å². The van der Waals surface area contributed by atoms with Gasteiger partial charge in [0, 0.05) is 5.56 Å². The van der Waals surface area contributed by atoms with E-state index >= 15 is 0 Å². The first-order chi connectivity index (χ1) is 11.6. The Balaban J connectivity index is 1.63. The molecule has 0 spiro atoms. The SMILES string of the molecule is Cc1nc2c(C#N)c(C[N+]34CC[N+](CCO)(CC3)CC4)ccc2s1. The Kier molecular flexibility index (Phi) is 3.85. The smallest absolute Gasteiger partial charge is 0.129 e. The summed E-state index contributed by atoms with van der Waals surface area (Å²) in [6.45, 7) is 11.0. The first kappa shape index (κ1) is 16.0. The highest BCUT2D eigenvalue weighted by Gasteiger charge is 2.48. The number of aromatic nitrogens is 1. The van der Waals surface area contributed by atoms with Crippen LogP contribution < -0.4 is 0 Å². The third-order valence-electron chi connectivity index (χ3n) is 6.09.